The number of nitriles is 1. The first-order valence-corrected chi connectivity index (χ1v) is 13.7. The molecule has 142 valence electrons. The van der Waals surface area contributed by atoms with Crippen LogP contribution in [0.25, 0.3) is 0 Å². The molecule has 0 bridgehead atoms. The van der Waals surface area contributed by atoms with Crippen LogP contribution in [0.3, 0.4) is 0 Å². The predicted molar refractivity (Wildman–Crippen MR) is 109 cm³/mol. The summed E-state index contributed by atoms with van der Waals surface area (Å²) in [7, 11) is -1.49. The van der Waals surface area contributed by atoms with Gasteiger partial charge in [-0.2, -0.15) is 5.26 Å². The fourth-order valence-corrected chi connectivity index (χ4v) is 5.00. The van der Waals surface area contributed by atoms with E-state index in [2.05, 4.69) is 26.1 Å². The average Bonchev–Trinajstić information content (AvgIpc) is 2.55. The quantitative estimate of drug-likeness (QED) is 0.188. The second-order valence-electron chi connectivity index (χ2n) is 7.86. The first-order valence-electron chi connectivity index (χ1n) is 10.6. The summed E-state index contributed by atoms with van der Waals surface area (Å²) in [4.78, 5) is 0. The molecular weight excluding hydrogens is 310 g/mol. The Labute approximate surface area is 153 Å². The highest BCUT2D eigenvalue weighted by molar-refractivity contribution is 6.71. The number of hydrogen-bond acceptors (Lipinski definition) is 2. The molecule has 0 radical (unpaired) electrons. The molecule has 0 N–H and O–H groups in total. The van der Waals surface area contributed by atoms with E-state index in [1.54, 1.807) is 0 Å². The molecule has 0 saturated carbocycles. The molecule has 0 aliphatic carbocycles. The SMILES string of the molecule is CCCCCCCCCCCCCCCO[Si](C)(C)CCCC#N. The lowest BCUT2D eigenvalue weighted by molar-refractivity contribution is 0.293. The van der Waals surface area contributed by atoms with Gasteiger partial charge in [0.2, 0.25) is 0 Å². The Hall–Kier alpha value is -0.333. The van der Waals surface area contributed by atoms with E-state index < -0.39 is 8.32 Å². The third-order valence-corrected chi connectivity index (χ3v) is 7.35. The minimum atomic E-state index is -1.49. The fourth-order valence-electron chi connectivity index (χ4n) is 3.13. The number of nitrogens with zero attached hydrogens (tertiary/aromatic N) is 1. The van der Waals surface area contributed by atoms with Crippen molar-refractivity contribution in [2.24, 2.45) is 0 Å². The lowest BCUT2D eigenvalue weighted by Crippen LogP contribution is -2.30. The van der Waals surface area contributed by atoms with Crippen molar-refractivity contribution in [3.05, 3.63) is 0 Å². The van der Waals surface area contributed by atoms with Crippen LogP contribution in [-0.2, 0) is 4.43 Å². The van der Waals surface area contributed by atoms with Gasteiger partial charge in [0.15, 0.2) is 8.32 Å². The summed E-state index contributed by atoms with van der Waals surface area (Å²) in [5, 5.41) is 8.60. The summed E-state index contributed by atoms with van der Waals surface area (Å²) in [5.74, 6) is 0. The van der Waals surface area contributed by atoms with E-state index in [0.29, 0.717) is 6.42 Å². The summed E-state index contributed by atoms with van der Waals surface area (Å²) in [6, 6.07) is 3.35. The van der Waals surface area contributed by atoms with Crippen molar-refractivity contribution < 1.29 is 4.43 Å². The normalized spacial score (nSPS) is 11.6. The largest absolute Gasteiger partial charge is 0.417 e. The Morgan fingerprint density at radius 2 is 1.17 bits per heavy atom. The van der Waals surface area contributed by atoms with Gasteiger partial charge in [-0.25, -0.2) is 0 Å². The Kier molecular flexibility index (Phi) is 17.2. The van der Waals surface area contributed by atoms with E-state index in [1.165, 1.54) is 83.5 Å². The second kappa shape index (κ2) is 17.5. The molecule has 2 nitrogen and oxygen atoms in total. The van der Waals surface area contributed by atoms with Crippen LogP contribution in [0.15, 0.2) is 0 Å². The first kappa shape index (κ1) is 23.7. The molecule has 0 atom stereocenters. The lowest BCUT2D eigenvalue weighted by Gasteiger charge is -2.22. The molecule has 0 fully saturated rings. The highest BCUT2D eigenvalue weighted by atomic mass is 28.4. The van der Waals surface area contributed by atoms with Gasteiger partial charge in [0.25, 0.3) is 0 Å². The maximum Gasteiger partial charge on any atom is 0.186 e. The van der Waals surface area contributed by atoms with Gasteiger partial charge < -0.3 is 4.43 Å². The van der Waals surface area contributed by atoms with Crippen LogP contribution in [0.4, 0.5) is 0 Å². The molecule has 0 amide bonds. The van der Waals surface area contributed by atoms with Gasteiger partial charge in [0.1, 0.15) is 0 Å². The summed E-state index contributed by atoms with van der Waals surface area (Å²) < 4.78 is 6.11. The fraction of sp³-hybridized carbons (Fsp3) is 0.952. The molecule has 24 heavy (non-hydrogen) atoms. The zero-order valence-electron chi connectivity index (χ0n) is 16.9. The zero-order chi connectivity index (χ0) is 17.9. The van der Waals surface area contributed by atoms with Crippen LogP contribution >= 0.6 is 0 Å². The molecule has 0 saturated heterocycles. The number of unbranched alkanes of at least 4 members (excludes halogenated alkanes) is 13. The predicted octanol–water partition coefficient (Wildman–Crippen LogP) is 7.60. The summed E-state index contributed by atoms with van der Waals surface area (Å²) in [6.07, 6.45) is 19.9. The van der Waals surface area contributed by atoms with Crippen molar-refractivity contribution in [2.75, 3.05) is 6.61 Å². The standard InChI is InChI=1S/C21H43NOSi/c1-4-5-6-7-8-9-10-11-12-13-14-15-17-20-23-24(2,3)21-18-16-19-22/h4-18,20-21H2,1-3H3. The van der Waals surface area contributed by atoms with E-state index in [1.807, 2.05) is 0 Å². The van der Waals surface area contributed by atoms with Crippen LogP contribution in [0.1, 0.15) is 103 Å². The maximum atomic E-state index is 8.60. The lowest BCUT2D eigenvalue weighted by atomic mass is 10.0. The van der Waals surface area contributed by atoms with E-state index >= 15 is 0 Å². The first-order chi connectivity index (χ1) is 11.6. The van der Waals surface area contributed by atoms with Crippen LogP contribution in [0.5, 0.6) is 0 Å². The summed E-state index contributed by atoms with van der Waals surface area (Å²) >= 11 is 0. The topological polar surface area (TPSA) is 33.0 Å². The monoisotopic (exact) mass is 353 g/mol. The third-order valence-electron chi connectivity index (χ3n) is 4.81. The van der Waals surface area contributed by atoms with E-state index in [-0.39, 0.29) is 0 Å². The van der Waals surface area contributed by atoms with Gasteiger partial charge >= 0.3 is 0 Å². The van der Waals surface area contributed by atoms with Gasteiger partial charge in [0.05, 0.1) is 6.07 Å². The summed E-state index contributed by atoms with van der Waals surface area (Å²) in [6.45, 7) is 7.79. The Morgan fingerprint density at radius 1 is 0.708 bits per heavy atom. The molecule has 0 rings (SSSR count). The molecule has 0 aromatic heterocycles. The molecule has 0 heterocycles. The number of hydrogen-bond donors (Lipinski definition) is 0. The minimum Gasteiger partial charge on any atom is -0.417 e. The van der Waals surface area contributed by atoms with Gasteiger partial charge in [0, 0.05) is 13.0 Å². The van der Waals surface area contributed by atoms with Crippen molar-refractivity contribution in [1.29, 1.82) is 5.26 Å². The van der Waals surface area contributed by atoms with Crippen LogP contribution in [0.2, 0.25) is 19.1 Å². The van der Waals surface area contributed by atoms with E-state index in [0.717, 1.165) is 19.1 Å². The smallest absolute Gasteiger partial charge is 0.186 e. The van der Waals surface area contributed by atoms with Gasteiger partial charge in [-0.15, -0.1) is 0 Å². The van der Waals surface area contributed by atoms with Crippen molar-refractivity contribution >= 4 is 8.32 Å². The highest BCUT2D eigenvalue weighted by Crippen LogP contribution is 2.16. The van der Waals surface area contributed by atoms with Crippen molar-refractivity contribution in [3.8, 4) is 6.07 Å². The molecular formula is C21H43NOSi. The third kappa shape index (κ3) is 18.0. The molecule has 3 heteroatoms. The van der Waals surface area contributed by atoms with Gasteiger partial charge in [-0.1, -0.05) is 84.0 Å². The zero-order valence-corrected chi connectivity index (χ0v) is 17.9. The maximum absolute atomic E-state index is 8.60. The van der Waals surface area contributed by atoms with Crippen LogP contribution in [0, 0.1) is 11.3 Å². The van der Waals surface area contributed by atoms with E-state index in [9.17, 15) is 0 Å². The molecule has 0 aromatic carbocycles. The van der Waals surface area contributed by atoms with Gasteiger partial charge in [-0.3, -0.25) is 0 Å². The van der Waals surface area contributed by atoms with Crippen molar-refractivity contribution in [2.45, 2.75) is 122 Å². The van der Waals surface area contributed by atoms with Gasteiger partial charge in [-0.05, 0) is 32.0 Å². The molecule has 0 spiro atoms. The Bertz CT molecular complexity index is 299. The highest BCUT2D eigenvalue weighted by Gasteiger charge is 2.21. The Balaban J connectivity index is 3.21. The average molecular weight is 354 g/mol. The minimum absolute atomic E-state index is 0.679. The van der Waals surface area contributed by atoms with Crippen molar-refractivity contribution in [1.82, 2.24) is 0 Å². The van der Waals surface area contributed by atoms with Crippen molar-refractivity contribution in [3.63, 3.8) is 0 Å². The molecule has 0 aromatic rings. The molecule has 0 aliphatic heterocycles. The van der Waals surface area contributed by atoms with E-state index in [4.69, 9.17) is 9.69 Å². The number of rotatable bonds is 18. The second-order valence-corrected chi connectivity index (χ2v) is 12.2. The molecule has 0 aliphatic rings. The molecule has 0 unspecified atom stereocenters. The van der Waals surface area contributed by atoms with Crippen LogP contribution < -0.4 is 0 Å². The summed E-state index contributed by atoms with van der Waals surface area (Å²) in [5.41, 5.74) is 0. The van der Waals surface area contributed by atoms with Crippen LogP contribution in [-0.4, -0.2) is 14.9 Å². The Morgan fingerprint density at radius 3 is 1.62 bits per heavy atom.